The molecule has 0 bridgehead atoms. The van der Waals surface area contributed by atoms with Crippen LogP contribution in [0.3, 0.4) is 0 Å². The summed E-state index contributed by atoms with van der Waals surface area (Å²) in [6.45, 7) is 6.04. The molecule has 3 aliphatic rings. The van der Waals surface area contributed by atoms with E-state index < -0.39 is 5.41 Å². The fraction of sp³-hybridized carbons (Fsp3) is 0.500. The van der Waals surface area contributed by atoms with Crippen LogP contribution in [-0.2, 0) is 28.0 Å². The SMILES string of the molecule is O=C(NCc1ccccc1CN1CCOCC1)C1(c2ccc3c(c2)OCCO3)CCCC1. The number of fused-ring (bicyclic) bond motifs is 1. The number of nitrogens with zero attached hydrogens (tertiary/aromatic N) is 1. The Bertz CT molecular complexity index is 949. The highest BCUT2D eigenvalue weighted by atomic mass is 16.6. The van der Waals surface area contributed by atoms with Gasteiger partial charge in [-0.2, -0.15) is 0 Å². The van der Waals surface area contributed by atoms with Crippen molar-refractivity contribution in [2.45, 2.75) is 44.2 Å². The van der Waals surface area contributed by atoms with E-state index in [0.29, 0.717) is 19.8 Å². The molecule has 0 radical (unpaired) electrons. The van der Waals surface area contributed by atoms with Crippen molar-refractivity contribution in [1.29, 1.82) is 0 Å². The molecule has 5 rings (SSSR count). The summed E-state index contributed by atoms with van der Waals surface area (Å²) in [5.41, 5.74) is 3.00. The van der Waals surface area contributed by atoms with E-state index in [9.17, 15) is 4.79 Å². The molecule has 32 heavy (non-hydrogen) atoms. The van der Waals surface area contributed by atoms with Crippen LogP contribution in [0.2, 0.25) is 0 Å². The molecule has 2 heterocycles. The quantitative estimate of drug-likeness (QED) is 0.752. The molecule has 0 aromatic heterocycles. The monoisotopic (exact) mass is 436 g/mol. The van der Waals surface area contributed by atoms with Crippen molar-refractivity contribution in [2.75, 3.05) is 39.5 Å². The zero-order valence-corrected chi connectivity index (χ0v) is 18.6. The lowest BCUT2D eigenvalue weighted by molar-refractivity contribution is -0.126. The number of morpholine rings is 1. The fourth-order valence-electron chi connectivity index (χ4n) is 5.20. The van der Waals surface area contributed by atoms with Gasteiger partial charge in [0.25, 0.3) is 0 Å². The van der Waals surface area contributed by atoms with Gasteiger partial charge in [0.2, 0.25) is 5.91 Å². The lowest BCUT2D eigenvalue weighted by atomic mass is 9.77. The molecule has 6 heteroatoms. The molecule has 1 saturated carbocycles. The van der Waals surface area contributed by atoms with E-state index in [2.05, 4.69) is 34.5 Å². The lowest BCUT2D eigenvalue weighted by Crippen LogP contribution is -2.42. The number of hydrogen-bond donors (Lipinski definition) is 1. The smallest absolute Gasteiger partial charge is 0.230 e. The molecule has 1 saturated heterocycles. The molecule has 2 aromatic carbocycles. The van der Waals surface area contributed by atoms with Crippen LogP contribution in [0.25, 0.3) is 0 Å². The van der Waals surface area contributed by atoms with E-state index in [1.807, 2.05) is 18.2 Å². The van der Waals surface area contributed by atoms with Gasteiger partial charge in [-0.05, 0) is 41.7 Å². The Morgan fingerprint density at radius 3 is 2.41 bits per heavy atom. The summed E-state index contributed by atoms with van der Waals surface area (Å²) in [6.07, 6.45) is 3.87. The normalized spacial score (nSPS) is 20.1. The van der Waals surface area contributed by atoms with Crippen molar-refractivity contribution in [3.63, 3.8) is 0 Å². The number of amides is 1. The first-order valence-electron chi connectivity index (χ1n) is 11.8. The second-order valence-electron chi connectivity index (χ2n) is 8.99. The summed E-state index contributed by atoms with van der Waals surface area (Å²) < 4.78 is 16.9. The molecule has 6 nitrogen and oxygen atoms in total. The summed E-state index contributed by atoms with van der Waals surface area (Å²) in [7, 11) is 0. The molecule has 1 amide bonds. The predicted octanol–water partition coefficient (Wildman–Crippen LogP) is 3.42. The third-order valence-corrected chi connectivity index (χ3v) is 7.04. The zero-order valence-electron chi connectivity index (χ0n) is 18.6. The Hall–Kier alpha value is -2.57. The van der Waals surface area contributed by atoms with Gasteiger partial charge in [0.15, 0.2) is 11.5 Å². The van der Waals surface area contributed by atoms with Crippen molar-refractivity contribution in [1.82, 2.24) is 10.2 Å². The van der Waals surface area contributed by atoms with Crippen LogP contribution < -0.4 is 14.8 Å². The Balaban J connectivity index is 1.31. The van der Waals surface area contributed by atoms with E-state index in [-0.39, 0.29) is 5.91 Å². The molecule has 2 aliphatic heterocycles. The van der Waals surface area contributed by atoms with E-state index in [1.165, 1.54) is 11.1 Å². The van der Waals surface area contributed by atoms with Gasteiger partial charge in [-0.15, -0.1) is 0 Å². The van der Waals surface area contributed by atoms with Crippen LogP contribution in [0.4, 0.5) is 0 Å². The summed E-state index contributed by atoms with van der Waals surface area (Å²) in [5, 5.41) is 3.28. The molecule has 2 fully saturated rings. The van der Waals surface area contributed by atoms with Gasteiger partial charge in [0, 0.05) is 26.2 Å². The van der Waals surface area contributed by atoms with Gasteiger partial charge >= 0.3 is 0 Å². The maximum atomic E-state index is 13.6. The number of hydrogen-bond acceptors (Lipinski definition) is 5. The van der Waals surface area contributed by atoms with Gasteiger partial charge in [0.05, 0.1) is 18.6 Å². The second kappa shape index (κ2) is 9.51. The molecule has 1 aliphatic carbocycles. The van der Waals surface area contributed by atoms with Crippen molar-refractivity contribution in [3.8, 4) is 11.5 Å². The van der Waals surface area contributed by atoms with Crippen molar-refractivity contribution < 1.29 is 19.0 Å². The molecule has 0 atom stereocenters. The first-order valence-corrected chi connectivity index (χ1v) is 11.8. The van der Waals surface area contributed by atoms with Crippen LogP contribution in [-0.4, -0.2) is 50.3 Å². The number of carbonyl (C=O) groups is 1. The fourth-order valence-corrected chi connectivity index (χ4v) is 5.20. The summed E-state index contributed by atoms with van der Waals surface area (Å²) in [5.74, 6) is 1.64. The van der Waals surface area contributed by atoms with E-state index in [1.54, 1.807) is 0 Å². The Kier molecular flexibility index (Phi) is 6.32. The van der Waals surface area contributed by atoms with E-state index >= 15 is 0 Å². The molecule has 170 valence electrons. The van der Waals surface area contributed by atoms with Crippen LogP contribution in [0.5, 0.6) is 11.5 Å². The zero-order chi connectivity index (χ0) is 21.8. The van der Waals surface area contributed by atoms with Crippen LogP contribution in [0.15, 0.2) is 42.5 Å². The third-order valence-electron chi connectivity index (χ3n) is 7.04. The maximum Gasteiger partial charge on any atom is 0.230 e. The number of nitrogens with one attached hydrogen (secondary N) is 1. The third kappa shape index (κ3) is 4.34. The van der Waals surface area contributed by atoms with Crippen LogP contribution >= 0.6 is 0 Å². The van der Waals surface area contributed by atoms with Gasteiger partial charge in [-0.25, -0.2) is 0 Å². The molecule has 0 unspecified atom stereocenters. The molecule has 0 spiro atoms. The minimum Gasteiger partial charge on any atom is -0.486 e. The Morgan fingerprint density at radius 2 is 1.62 bits per heavy atom. The van der Waals surface area contributed by atoms with Gasteiger partial charge in [0.1, 0.15) is 13.2 Å². The highest BCUT2D eigenvalue weighted by Gasteiger charge is 2.43. The van der Waals surface area contributed by atoms with Crippen LogP contribution in [0.1, 0.15) is 42.4 Å². The lowest BCUT2D eigenvalue weighted by Gasteiger charge is -2.30. The highest BCUT2D eigenvalue weighted by molar-refractivity contribution is 5.88. The summed E-state index contributed by atoms with van der Waals surface area (Å²) in [6, 6.07) is 14.4. The summed E-state index contributed by atoms with van der Waals surface area (Å²) >= 11 is 0. The van der Waals surface area contributed by atoms with E-state index in [4.69, 9.17) is 14.2 Å². The van der Waals surface area contributed by atoms with Crippen molar-refractivity contribution >= 4 is 5.91 Å². The first kappa shape index (κ1) is 21.3. The number of benzene rings is 2. The number of ether oxygens (including phenoxy) is 3. The van der Waals surface area contributed by atoms with Gasteiger partial charge < -0.3 is 19.5 Å². The number of rotatable bonds is 6. The van der Waals surface area contributed by atoms with Gasteiger partial charge in [-0.3, -0.25) is 9.69 Å². The number of carbonyl (C=O) groups excluding carboxylic acids is 1. The Labute approximate surface area is 189 Å². The predicted molar refractivity (Wildman–Crippen MR) is 122 cm³/mol. The van der Waals surface area contributed by atoms with Crippen molar-refractivity contribution in [2.24, 2.45) is 0 Å². The standard InChI is InChI=1S/C26H32N2O4/c29-25(27-18-20-5-1-2-6-21(20)19-28-11-13-30-14-12-28)26(9-3-4-10-26)22-7-8-23-24(17-22)32-16-15-31-23/h1-2,5-8,17H,3-4,9-16,18-19H2,(H,27,29). The minimum atomic E-state index is -0.491. The van der Waals surface area contributed by atoms with Gasteiger partial charge in [-0.1, -0.05) is 43.2 Å². The van der Waals surface area contributed by atoms with E-state index in [0.717, 1.165) is 75.6 Å². The topological polar surface area (TPSA) is 60.0 Å². The minimum absolute atomic E-state index is 0.118. The molecular formula is C26H32N2O4. The molecule has 2 aromatic rings. The summed E-state index contributed by atoms with van der Waals surface area (Å²) in [4.78, 5) is 16.0. The highest BCUT2D eigenvalue weighted by Crippen LogP contribution is 2.44. The molecular weight excluding hydrogens is 404 g/mol. The largest absolute Gasteiger partial charge is 0.486 e. The maximum absolute atomic E-state index is 13.6. The average molecular weight is 437 g/mol. The second-order valence-corrected chi connectivity index (χ2v) is 8.99. The molecule has 1 N–H and O–H groups in total. The Morgan fingerprint density at radius 1 is 0.906 bits per heavy atom. The average Bonchev–Trinajstić information content (AvgIpc) is 3.35. The first-order chi connectivity index (χ1) is 15.7. The van der Waals surface area contributed by atoms with Crippen molar-refractivity contribution in [3.05, 3.63) is 59.2 Å². The van der Waals surface area contributed by atoms with Crippen LogP contribution in [0, 0.1) is 0 Å².